The fourth-order valence-electron chi connectivity index (χ4n) is 2.24. The topological polar surface area (TPSA) is 40.5 Å². The Kier molecular flexibility index (Phi) is 4.86. The van der Waals surface area contributed by atoms with E-state index in [-0.39, 0.29) is 0 Å². The maximum Gasteiger partial charge on any atom is 0.328 e. The van der Waals surface area contributed by atoms with E-state index in [1.165, 1.54) is 18.5 Å². The Morgan fingerprint density at radius 1 is 1.50 bits per heavy atom. The number of benzene rings is 1. The quantitative estimate of drug-likeness (QED) is 0.792. The van der Waals surface area contributed by atoms with Crippen molar-refractivity contribution in [2.45, 2.75) is 32.7 Å². The first kappa shape index (κ1) is 15.1. The van der Waals surface area contributed by atoms with E-state index in [0.29, 0.717) is 12.0 Å². The van der Waals surface area contributed by atoms with Gasteiger partial charge in [0.25, 0.3) is 0 Å². The van der Waals surface area contributed by atoms with Gasteiger partial charge in [0.2, 0.25) is 0 Å². The molecular weight excluding hydrogens is 318 g/mol. The highest BCUT2D eigenvalue weighted by Gasteiger charge is 2.29. The number of aliphatic carboxylic acids is 1. The summed E-state index contributed by atoms with van der Waals surface area (Å²) in [4.78, 5) is 13.0. The molecule has 1 aromatic carbocycles. The number of hydrogen-bond donors (Lipinski definition) is 1. The lowest BCUT2D eigenvalue weighted by Crippen LogP contribution is -2.29. The van der Waals surface area contributed by atoms with Gasteiger partial charge in [-0.25, -0.2) is 4.79 Å². The molecule has 3 nitrogen and oxygen atoms in total. The van der Waals surface area contributed by atoms with Crippen LogP contribution in [0.2, 0.25) is 0 Å². The SMILES string of the molecule is CC(C)CN(c1ccc(/C=C/C(=O)O)c(Br)c1)C1CC1. The molecule has 1 N–H and O–H groups in total. The number of hydrogen-bond acceptors (Lipinski definition) is 2. The van der Waals surface area contributed by atoms with Gasteiger partial charge in [0.1, 0.15) is 0 Å². The Morgan fingerprint density at radius 2 is 2.20 bits per heavy atom. The first-order valence-electron chi connectivity index (χ1n) is 6.94. The monoisotopic (exact) mass is 337 g/mol. The van der Waals surface area contributed by atoms with Crippen LogP contribution in [-0.4, -0.2) is 23.7 Å². The fraction of sp³-hybridized carbons (Fsp3) is 0.438. The molecule has 0 spiro atoms. The van der Waals surface area contributed by atoms with Crippen LogP contribution >= 0.6 is 15.9 Å². The number of carboxylic acids is 1. The molecule has 0 bridgehead atoms. The third-order valence-corrected chi connectivity index (χ3v) is 3.96. The van der Waals surface area contributed by atoms with Gasteiger partial charge in [0.15, 0.2) is 0 Å². The van der Waals surface area contributed by atoms with Crippen LogP contribution in [0.3, 0.4) is 0 Å². The van der Waals surface area contributed by atoms with Crippen molar-refractivity contribution < 1.29 is 9.90 Å². The highest BCUT2D eigenvalue weighted by atomic mass is 79.9. The summed E-state index contributed by atoms with van der Waals surface area (Å²) in [5.41, 5.74) is 2.09. The van der Waals surface area contributed by atoms with Gasteiger partial charge in [-0.3, -0.25) is 0 Å². The lowest BCUT2D eigenvalue weighted by molar-refractivity contribution is -0.131. The minimum atomic E-state index is -0.930. The van der Waals surface area contributed by atoms with Crippen molar-refractivity contribution in [3.63, 3.8) is 0 Å². The Bertz CT molecular complexity index is 521. The molecule has 1 aliphatic carbocycles. The summed E-state index contributed by atoms with van der Waals surface area (Å²) in [5, 5.41) is 8.68. The molecule has 0 atom stereocenters. The van der Waals surface area contributed by atoms with Crippen molar-refractivity contribution in [3.05, 3.63) is 34.3 Å². The van der Waals surface area contributed by atoms with E-state index in [1.807, 2.05) is 6.07 Å². The molecule has 0 aromatic heterocycles. The van der Waals surface area contributed by atoms with Crippen LogP contribution in [0, 0.1) is 5.92 Å². The van der Waals surface area contributed by atoms with Crippen LogP contribution < -0.4 is 4.90 Å². The van der Waals surface area contributed by atoms with E-state index >= 15 is 0 Å². The predicted molar refractivity (Wildman–Crippen MR) is 86.0 cm³/mol. The molecule has 1 aromatic rings. The first-order valence-corrected chi connectivity index (χ1v) is 7.74. The van der Waals surface area contributed by atoms with E-state index in [2.05, 4.69) is 46.8 Å². The Labute approximate surface area is 128 Å². The van der Waals surface area contributed by atoms with E-state index in [9.17, 15) is 4.79 Å². The van der Waals surface area contributed by atoms with E-state index in [4.69, 9.17) is 5.11 Å². The lowest BCUT2D eigenvalue weighted by atomic mass is 10.1. The van der Waals surface area contributed by atoms with Crippen LogP contribution in [0.15, 0.2) is 28.7 Å². The summed E-state index contributed by atoms with van der Waals surface area (Å²) < 4.78 is 0.932. The molecule has 0 unspecified atom stereocenters. The average molecular weight is 338 g/mol. The summed E-state index contributed by atoms with van der Waals surface area (Å²) in [6.45, 7) is 5.52. The zero-order valence-electron chi connectivity index (χ0n) is 11.8. The zero-order valence-corrected chi connectivity index (χ0v) is 13.4. The van der Waals surface area contributed by atoms with Gasteiger partial charge in [-0.15, -0.1) is 0 Å². The van der Waals surface area contributed by atoms with Crippen LogP contribution in [0.4, 0.5) is 5.69 Å². The minimum Gasteiger partial charge on any atom is -0.478 e. The number of nitrogens with zero attached hydrogens (tertiary/aromatic N) is 1. The average Bonchev–Trinajstić information content (AvgIpc) is 3.18. The van der Waals surface area contributed by atoms with Crippen molar-refractivity contribution >= 4 is 33.7 Å². The molecule has 0 amide bonds. The lowest BCUT2D eigenvalue weighted by Gasteiger charge is -2.27. The molecular formula is C16H20BrNO2. The number of halogens is 1. The predicted octanol–water partition coefficient (Wildman–Crippen LogP) is 4.17. The van der Waals surface area contributed by atoms with E-state index < -0.39 is 5.97 Å². The molecule has 0 saturated heterocycles. The number of rotatable bonds is 6. The summed E-state index contributed by atoms with van der Waals surface area (Å²) in [7, 11) is 0. The molecule has 4 heteroatoms. The molecule has 1 fully saturated rings. The second kappa shape index (κ2) is 6.44. The Hall–Kier alpha value is -1.29. The second-order valence-corrected chi connectivity index (χ2v) is 6.51. The summed E-state index contributed by atoms with van der Waals surface area (Å²) >= 11 is 3.53. The van der Waals surface area contributed by atoms with Gasteiger partial charge in [-0.1, -0.05) is 35.8 Å². The molecule has 20 heavy (non-hydrogen) atoms. The van der Waals surface area contributed by atoms with Crippen LogP contribution in [0.5, 0.6) is 0 Å². The van der Waals surface area contributed by atoms with Crippen LogP contribution in [-0.2, 0) is 4.79 Å². The van der Waals surface area contributed by atoms with Gasteiger partial charge in [-0.05, 0) is 42.5 Å². The van der Waals surface area contributed by atoms with Crippen molar-refractivity contribution in [1.82, 2.24) is 0 Å². The number of anilines is 1. The maximum atomic E-state index is 10.6. The minimum absolute atomic E-state index is 0.626. The third-order valence-electron chi connectivity index (χ3n) is 3.27. The Morgan fingerprint density at radius 3 is 2.70 bits per heavy atom. The van der Waals surface area contributed by atoms with Gasteiger partial charge in [0, 0.05) is 28.8 Å². The smallest absolute Gasteiger partial charge is 0.328 e. The van der Waals surface area contributed by atoms with Crippen molar-refractivity contribution in [2.75, 3.05) is 11.4 Å². The Balaban J connectivity index is 2.20. The van der Waals surface area contributed by atoms with E-state index in [1.54, 1.807) is 6.08 Å². The maximum absolute atomic E-state index is 10.6. The summed E-state index contributed by atoms with van der Waals surface area (Å²) in [6, 6.07) is 6.80. The molecule has 1 aliphatic rings. The zero-order chi connectivity index (χ0) is 14.7. The van der Waals surface area contributed by atoms with Crippen molar-refractivity contribution in [2.24, 2.45) is 5.92 Å². The molecule has 108 valence electrons. The van der Waals surface area contributed by atoms with Gasteiger partial charge >= 0.3 is 5.97 Å². The van der Waals surface area contributed by atoms with Crippen LogP contribution in [0.25, 0.3) is 6.08 Å². The summed E-state index contributed by atoms with van der Waals surface area (Å²) in [5.74, 6) is -0.304. The van der Waals surface area contributed by atoms with Gasteiger partial charge in [-0.2, -0.15) is 0 Å². The third kappa shape index (κ3) is 4.10. The number of carbonyl (C=O) groups is 1. The highest BCUT2D eigenvalue weighted by molar-refractivity contribution is 9.10. The standard InChI is InChI=1S/C16H20BrNO2/c1-11(2)10-18(13-6-7-13)14-5-3-12(15(17)9-14)4-8-16(19)20/h3-5,8-9,11,13H,6-7,10H2,1-2H3,(H,19,20)/b8-4+. The van der Waals surface area contributed by atoms with Crippen molar-refractivity contribution in [3.8, 4) is 0 Å². The fourth-order valence-corrected chi connectivity index (χ4v) is 2.73. The molecule has 0 aliphatic heterocycles. The van der Waals surface area contributed by atoms with Crippen LogP contribution in [0.1, 0.15) is 32.3 Å². The molecule has 0 heterocycles. The number of carboxylic acid groups (broad SMARTS) is 1. The van der Waals surface area contributed by atoms with Gasteiger partial charge in [0.05, 0.1) is 0 Å². The van der Waals surface area contributed by atoms with Gasteiger partial charge < -0.3 is 10.0 Å². The van der Waals surface area contributed by atoms with E-state index in [0.717, 1.165) is 22.7 Å². The largest absolute Gasteiger partial charge is 0.478 e. The second-order valence-electron chi connectivity index (χ2n) is 5.65. The molecule has 2 rings (SSSR count). The first-order chi connectivity index (χ1) is 9.47. The highest BCUT2D eigenvalue weighted by Crippen LogP contribution is 2.34. The molecule has 1 saturated carbocycles. The molecule has 0 radical (unpaired) electrons. The summed E-state index contributed by atoms with van der Waals surface area (Å²) in [6.07, 6.45) is 5.31. The normalized spacial score (nSPS) is 15.0. The van der Waals surface area contributed by atoms with Crippen molar-refractivity contribution in [1.29, 1.82) is 0 Å².